The van der Waals surface area contributed by atoms with Crippen molar-refractivity contribution in [3.63, 3.8) is 0 Å². The summed E-state index contributed by atoms with van der Waals surface area (Å²) >= 11 is 0. The second kappa shape index (κ2) is 5.85. The Kier molecular flexibility index (Phi) is 3.95. The molecule has 0 saturated heterocycles. The van der Waals surface area contributed by atoms with Gasteiger partial charge in [0.1, 0.15) is 0 Å². The van der Waals surface area contributed by atoms with Crippen LogP contribution in [0.5, 0.6) is 0 Å². The molecule has 2 aromatic rings. The predicted octanol–water partition coefficient (Wildman–Crippen LogP) is 0.632. The molecular weight excluding hydrogens is 237 g/mol. The van der Waals surface area contributed by atoms with Crippen LogP contribution < -0.4 is 5.32 Å². The van der Waals surface area contributed by atoms with E-state index in [1.807, 2.05) is 0 Å². The van der Waals surface area contributed by atoms with Crippen LogP contribution in [-0.4, -0.2) is 32.4 Å². The minimum Gasteiger partial charge on any atom is -0.352 e. The van der Waals surface area contributed by atoms with Crippen LogP contribution in [0.1, 0.15) is 16.8 Å². The van der Waals surface area contributed by atoms with E-state index in [4.69, 9.17) is 0 Å². The molecule has 0 spiro atoms. The monoisotopic (exact) mass is 249 g/mol. The number of nitrogens with zero attached hydrogens (tertiary/aromatic N) is 4. The summed E-state index contributed by atoms with van der Waals surface area (Å²) in [6.45, 7) is 1.09. The molecule has 0 aliphatic rings. The summed E-state index contributed by atoms with van der Waals surface area (Å²) in [5.74, 6) is -1.22. The molecule has 0 aliphatic heterocycles. The molecule has 0 atom stereocenters. The van der Waals surface area contributed by atoms with E-state index in [2.05, 4.69) is 20.6 Å². The van der Waals surface area contributed by atoms with E-state index in [-0.39, 0.29) is 5.56 Å². The van der Waals surface area contributed by atoms with Crippen LogP contribution in [0.3, 0.4) is 0 Å². The fraction of sp³-hybridized carbons (Fsp3) is 0.273. The third-order valence-electron chi connectivity index (χ3n) is 2.33. The molecule has 94 valence electrons. The fourth-order valence-electron chi connectivity index (χ4n) is 1.45. The SMILES string of the molecule is O=C(NCCCn1ccnn1)c1cccnc1F. The third-order valence-corrected chi connectivity index (χ3v) is 2.33. The Hall–Kier alpha value is -2.31. The van der Waals surface area contributed by atoms with E-state index in [1.165, 1.54) is 18.3 Å². The Bertz CT molecular complexity index is 514. The normalized spacial score (nSPS) is 10.3. The smallest absolute Gasteiger partial charge is 0.255 e. The van der Waals surface area contributed by atoms with E-state index in [1.54, 1.807) is 17.1 Å². The lowest BCUT2D eigenvalue weighted by atomic mass is 10.2. The molecular formula is C11H12FN5O. The van der Waals surface area contributed by atoms with E-state index >= 15 is 0 Å². The largest absolute Gasteiger partial charge is 0.352 e. The van der Waals surface area contributed by atoms with Crippen molar-refractivity contribution in [3.8, 4) is 0 Å². The minimum atomic E-state index is -0.758. The van der Waals surface area contributed by atoms with Crippen LogP contribution in [0, 0.1) is 5.95 Å². The first-order valence-electron chi connectivity index (χ1n) is 5.50. The lowest BCUT2D eigenvalue weighted by Crippen LogP contribution is -2.26. The number of hydrogen-bond donors (Lipinski definition) is 1. The number of carbonyl (C=O) groups is 1. The van der Waals surface area contributed by atoms with Crippen molar-refractivity contribution in [1.29, 1.82) is 0 Å². The molecule has 2 rings (SSSR count). The molecule has 1 amide bonds. The number of hydrogen-bond acceptors (Lipinski definition) is 4. The average molecular weight is 249 g/mol. The van der Waals surface area contributed by atoms with Gasteiger partial charge in [-0.2, -0.15) is 4.39 Å². The van der Waals surface area contributed by atoms with Crippen molar-refractivity contribution in [3.05, 3.63) is 42.2 Å². The molecule has 0 bridgehead atoms. The van der Waals surface area contributed by atoms with Gasteiger partial charge in [0.15, 0.2) is 0 Å². The van der Waals surface area contributed by atoms with Gasteiger partial charge in [-0.15, -0.1) is 5.10 Å². The van der Waals surface area contributed by atoms with Crippen LogP contribution in [0.15, 0.2) is 30.7 Å². The first-order chi connectivity index (χ1) is 8.77. The van der Waals surface area contributed by atoms with Gasteiger partial charge >= 0.3 is 0 Å². The molecule has 0 saturated carbocycles. The van der Waals surface area contributed by atoms with Gasteiger partial charge in [-0.3, -0.25) is 9.48 Å². The molecule has 0 fully saturated rings. The topological polar surface area (TPSA) is 72.7 Å². The number of aryl methyl sites for hydroxylation is 1. The number of amides is 1. The summed E-state index contributed by atoms with van der Waals surface area (Å²) in [7, 11) is 0. The second-order valence-corrected chi connectivity index (χ2v) is 3.62. The van der Waals surface area contributed by atoms with Crippen LogP contribution in [-0.2, 0) is 6.54 Å². The molecule has 7 heteroatoms. The lowest BCUT2D eigenvalue weighted by Gasteiger charge is -2.05. The summed E-state index contributed by atoms with van der Waals surface area (Å²) in [5, 5.41) is 10.1. The molecule has 0 unspecified atom stereocenters. The molecule has 0 aromatic carbocycles. The molecule has 6 nitrogen and oxygen atoms in total. The van der Waals surface area contributed by atoms with Crippen molar-refractivity contribution in [2.45, 2.75) is 13.0 Å². The third kappa shape index (κ3) is 3.09. The number of pyridine rings is 1. The van der Waals surface area contributed by atoms with Gasteiger partial charge in [0.25, 0.3) is 5.91 Å². The van der Waals surface area contributed by atoms with Crippen LogP contribution in [0.4, 0.5) is 4.39 Å². The van der Waals surface area contributed by atoms with Crippen molar-refractivity contribution in [1.82, 2.24) is 25.3 Å². The maximum Gasteiger partial charge on any atom is 0.255 e. The number of aromatic nitrogens is 4. The average Bonchev–Trinajstić information content (AvgIpc) is 2.88. The highest BCUT2D eigenvalue weighted by Crippen LogP contribution is 2.02. The van der Waals surface area contributed by atoms with Gasteiger partial charge in [0, 0.05) is 25.5 Å². The Labute approximate surface area is 103 Å². The Morgan fingerprint density at radius 1 is 1.44 bits per heavy atom. The Morgan fingerprint density at radius 2 is 2.33 bits per heavy atom. The van der Waals surface area contributed by atoms with E-state index in [0.29, 0.717) is 19.5 Å². The van der Waals surface area contributed by atoms with Crippen molar-refractivity contribution < 1.29 is 9.18 Å². The van der Waals surface area contributed by atoms with Crippen LogP contribution in [0.2, 0.25) is 0 Å². The lowest BCUT2D eigenvalue weighted by molar-refractivity contribution is 0.0947. The Balaban J connectivity index is 1.77. The fourth-order valence-corrected chi connectivity index (χ4v) is 1.45. The van der Waals surface area contributed by atoms with E-state index in [0.717, 1.165) is 0 Å². The summed E-state index contributed by atoms with van der Waals surface area (Å²) in [6.07, 6.45) is 5.32. The molecule has 0 radical (unpaired) electrons. The maximum atomic E-state index is 13.2. The highest BCUT2D eigenvalue weighted by molar-refractivity contribution is 5.94. The van der Waals surface area contributed by atoms with Gasteiger partial charge < -0.3 is 5.32 Å². The first-order valence-corrected chi connectivity index (χ1v) is 5.50. The summed E-state index contributed by atoms with van der Waals surface area (Å²) in [6, 6.07) is 2.92. The highest BCUT2D eigenvalue weighted by atomic mass is 19.1. The zero-order chi connectivity index (χ0) is 12.8. The zero-order valence-electron chi connectivity index (χ0n) is 9.58. The van der Waals surface area contributed by atoms with E-state index < -0.39 is 11.9 Å². The van der Waals surface area contributed by atoms with Gasteiger partial charge in [0.05, 0.1) is 11.8 Å². The zero-order valence-corrected chi connectivity index (χ0v) is 9.58. The maximum absolute atomic E-state index is 13.2. The van der Waals surface area contributed by atoms with E-state index in [9.17, 15) is 9.18 Å². The molecule has 1 N–H and O–H groups in total. The molecule has 0 aliphatic carbocycles. The quantitative estimate of drug-likeness (QED) is 0.623. The summed E-state index contributed by atoms with van der Waals surface area (Å²) < 4.78 is 14.8. The van der Waals surface area contributed by atoms with Crippen LogP contribution in [0.25, 0.3) is 0 Å². The van der Waals surface area contributed by atoms with Gasteiger partial charge in [-0.1, -0.05) is 5.21 Å². The van der Waals surface area contributed by atoms with Crippen molar-refractivity contribution in [2.75, 3.05) is 6.54 Å². The molecule has 2 aromatic heterocycles. The van der Waals surface area contributed by atoms with Crippen molar-refractivity contribution in [2.24, 2.45) is 0 Å². The number of rotatable bonds is 5. The number of carbonyl (C=O) groups excluding carboxylic acids is 1. The number of nitrogens with one attached hydrogen (secondary N) is 1. The molecule has 18 heavy (non-hydrogen) atoms. The second-order valence-electron chi connectivity index (χ2n) is 3.62. The standard InChI is InChI=1S/C11H12FN5O/c12-10-9(3-1-4-13-10)11(18)14-5-2-7-17-8-6-15-16-17/h1,3-4,6,8H,2,5,7H2,(H,14,18). The summed E-state index contributed by atoms with van der Waals surface area (Å²) in [5.41, 5.74) is -0.0433. The van der Waals surface area contributed by atoms with Gasteiger partial charge in [0.2, 0.25) is 5.95 Å². The number of halogens is 1. The summed E-state index contributed by atoms with van der Waals surface area (Å²) in [4.78, 5) is 15.0. The minimum absolute atomic E-state index is 0.0433. The van der Waals surface area contributed by atoms with Gasteiger partial charge in [-0.05, 0) is 18.6 Å². The predicted molar refractivity (Wildman–Crippen MR) is 61.2 cm³/mol. The van der Waals surface area contributed by atoms with Crippen LogP contribution >= 0.6 is 0 Å². The highest BCUT2D eigenvalue weighted by Gasteiger charge is 2.10. The Morgan fingerprint density at radius 3 is 3.06 bits per heavy atom. The molecule has 2 heterocycles. The first kappa shape index (κ1) is 12.2. The van der Waals surface area contributed by atoms with Gasteiger partial charge in [-0.25, -0.2) is 4.98 Å². The van der Waals surface area contributed by atoms with Crippen molar-refractivity contribution >= 4 is 5.91 Å².